The lowest BCUT2D eigenvalue weighted by atomic mass is 10.1. The molecular weight excluding hydrogens is 389 g/mol. The van der Waals surface area contributed by atoms with E-state index in [-0.39, 0.29) is 12.3 Å². The zero-order chi connectivity index (χ0) is 21.5. The molecule has 1 atom stereocenters. The predicted molar refractivity (Wildman–Crippen MR) is 117 cm³/mol. The van der Waals surface area contributed by atoms with Gasteiger partial charge in [0, 0.05) is 6.42 Å². The van der Waals surface area contributed by atoms with Gasteiger partial charge in [0.15, 0.2) is 5.78 Å². The summed E-state index contributed by atoms with van der Waals surface area (Å²) in [5, 5.41) is 2.50. The zero-order valence-electron chi connectivity index (χ0n) is 17.9. The minimum Gasteiger partial charge on any atom is -0.497 e. The van der Waals surface area contributed by atoms with Crippen LogP contribution in [0.15, 0.2) is 24.3 Å². The molecule has 0 aliphatic rings. The molecule has 1 unspecified atom stereocenters. The van der Waals surface area contributed by atoms with Crippen LogP contribution in [0.3, 0.4) is 0 Å². The van der Waals surface area contributed by atoms with E-state index in [4.69, 9.17) is 4.74 Å². The summed E-state index contributed by atoms with van der Waals surface area (Å²) in [5.41, 5.74) is 0.367. The van der Waals surface area contributed by atoms with E-state index in [0.29, 0.717) is 11.3 Å². The van der Waals surface area contributed by atoms with Crippen LogP contribution in [-0.2, 0) is 9.36 Å². The van der Waals surface area contributed by atoms with E-state index >= 15 is 0 Å². The molecule has 0 aromatic heterocycles. The molecule has 3 N–H and O–H groups in total. The molecule has 1 aromatic rings. The second-order valence-electron chi connectivity index (χ2n) is 7.62. The molecule has 0 saturated heterocycles. The minimum atomic E-state index is -4.52. The third-order valence-corrected chi connectivity index (χ3v) is 6.17. The number of amides is 1. The van der Waals surface area contributed by atoms with Crippen molar-refractivity contribution < 1.29 is 23.9 Å². The SMILES string of the molecule is CCCCCCCCCCCCCC(=O)NC(c1ccc(OC)cc1)P(=O)(O)O. The molecule has 0 spiro atoms. The van der Waals surface area contributed by atoms with Gasteiger partial charge < -0.3 is 19.8 Å². The highest BCUT2D eigenvalue weighted by Gasteiger charge is 2.31. The summed E-state index contributed by atoms with van der Waals surface area (Å²) < 4.78 is 16.9. The predicted octanol–water partition coefficient (Wildman–Crippen LogP) is 5.69. The lowest BCUT2D eigenvalue weighted by Crippen LogP contribution is -2.28. The van der Waals surface area contributed by atoms with Gasteiger partial charge in [-0.05, 0) is 24.1 Å². The summed E-state index contributed by atoms with van der Waals surface area (Å²) in [4.78, 5) is 31.4. The smallest absolute Gasteiger partial charge is 0.352 e. The number of hydrogen-bond acceptors (Lipinski definition) is 3. The van der Waals surface area contributed by atoms with Crippen molar-refractivity contribution in [1.82, 2.24) is 5.32 Å². The van der Waals surface area contributed by atoms with Crippen molar-refractivity contribution in [3.05, 3.63) is 29.8 Å². The average Bonchev–Trinajstić information content (AvgIpc) is 2.69. The lowest BCUT2D eigenvalue weighted by molar-refractivity contribution is -0.121. The second kappa shape index (κ2) is 14.6. The number of methoxy groups -OCH3 is 1. The topological polar surface area (TPSA) is 95.9 Å². The highest BCUT2D eigenvalue weighted by Crippen LogP contribution is 2.50. The van der Waals surface area contributed by atoms with E-state index in [2.05, 4.69) is 12.2 Å². The van der Waals surface area contributed by atoms with E-state index < -0.39 is 13.4 Å². The van der Waals surface area contributed by atoms with Gasteiger partial charge in [-0.1, -0.05) is 83.3 Å². The van der Waals surface area contributed by atoms with Crippen molar-refractivity contribution in [2.24, 2.45) is 0 Å². The molecule has 1 amide bonds. The first-order valence-corrected chi connectivity index (χ1v) is 12.5. The van der Waals surface area contributed by atoms with Gasteiger partial charge in [0.2, 0.25) is 5.91 Å². The summed E-state index contributed by atoms with van der Waals surface area (Å²) in [6.07, 6.45) is 13.4. The summed E-state index contributed by atoms with van der Waals surface area (Å²) in [6, 6.07) is 6.36. The molecule has 7 heteroatoms. The van der Waals surface area contributed by atoms with Crippen LogP contribution in [0.2, 0.25) is 0 Å². The van der Waals surface area contributed by atoms with Crippen LogP contribution in [0.1, 0.15) is 95.3 Å². The first-order chi connectivity index (χ1) is 13.9. The Bertz CT molecular complexity index is 614. The number of rotatable bonds is 16. The maximum absolute atomic E-state index is 12.2. The Hall–Kier alpha value is -1.36. The van der Waals surface area contributed by atoms with Crippen LogP contribution in [0.5, 0.6) is 5.75 Å². The first-order valence-electron chi connectivity index (χ1n) is 10.9. The van der Waals surface area contributed by atoms with E-state index in [1.807, 2.05) is 0 Å². The molecule has 166 valence electrons. The first kappa shape index (κ1) is 25.7. The van der Waals surface area contributed by atoms with Crippen molar-refractivity contribution in [2.45, 2.75) is 89.8 Å². The Morgan fingerprint density at radius 1 is 0.931 bits per heavy atom. The third-order valence-electron chi connectivity index (χ3n) is 5.07. The monoisotopic (exact) mass is 427 g/mol. The number of benzene rings is 1. The van der Waals surface area contributed by atoms with Gasteiger partial charge in [0.05, 0.1) is 7.11 Å². The summed E-state index contributed by atoms with van der Waals surface area (Å²) in [7, 11) is -3.00. The number of nitrogens with one attached hydrogen (secondary N) is 1. The van der Waals surface area contributed by atoms with Gasteiger partial charge in [-0.3, -0.25) is 9.36 Å². The molecule has 0 heterocycles. The van der Waals surface area contributed by atoms with Gasteiger partial charge in [0.25, 0.3) is 0 Å². The zero-order valence-corrected chi connectivity index (χ0v) is 18.8. The Balaban J connectivity index is 2.26. The van der Waals surface area contributed by atoms with E-state index in [1.54, 1.807) is 24.3 Å². The van der Waals surface area contributed by atoms with Gasteiger partial charge in [-0.15, -0.1) is 0 Å². The average molecular weight is 428 g/mol. The molecule has 0 aliphatic heterocycles. The molecule has 1 rings (SSSR count). The molecule has 0 saturated carbocycles. The van der Waals surface area contributed by atoms with Crippen LogP contribution in [0.25, 0.3) is 0 Å². The quantitative estimate of drug-likeness (QED) is 0.233. The maximum atomic E-state index is 12.2. The molecule has 1 aromatic carbocycles. The third kappa shape index (κ3) is 11.4. The Labute approximate surface area is 175 Å². The van der Waals surface area contributed by atoms with Crippen LogP contribution < -0.4 is 10.1 Å². The van der Waals surface area contributed by atoms with Gasteiger partial charge in [-0.25, -0.2) is 0 Å². The lowest BCUT2D eigenvalue weighted by Gasteiger charge is -2.20. The van der Waals surface area contributed by atoms with Crippen molar-refractivity contribution in [3.8, 4) is 5.75 Å². The maximum Gasteiger partial charge on any atom is 0.352 e. The molecule has 6 nitrogen and oxygen atoms in total. The molecule has 0 fully saturated rings. The van der Waals surface area contributed by atoms with Crippen molar-refractivity contribution >= 4 is 13.5 Å². The van der Waals surface area contributed by atoms with Crippen molar-refractivity contribution in [2.75, 3.05) is 7.11 Å². The summed E-state index contributed by atoms with van der Waals surface area (Å²) in [6.45, 7) is 2.23. The summed E-state index contributed by atoms with van der Waals surface area (Å²) >= 11 is 0. The van der Waals surface area contributed by atoms with Crippen LogP contribution in [-0.4, -0.2) is 22.8 Å². The van der Waals surface area contributed by atoms with E-state index in [1.165, 1.54) is 58.5 Å². The second-order valence-corrected chi connectivity index (χ2v) is 9.31. The standard InChI is InChI=1S/C22H38NO5P/c1-3-4-5-6-7-8-9-10-11-12-13-14-21(24)23-22(29(25,26)27)19-15-17-20(28-2)18-16-19/h15-18,22H,3-14H2,1-2H3,(H,23,24)(H2,25,26,27). The van der Waals surface area contributed by atoms with Gasteiger partial charge >= 0.3 is 7.60 Å². The largest absolute Gasteiger partial charge is 0.497 e. The van der Waals surface area contributed by atoms with Gasteiger partial charge in [0.1, 0.15) is 5.75 Å². The molecule has 0 bridgehead atoms. The summed E-state index contributed by atoms with van der Waals surface area (Å²) in [5.74, 6) is -1.07. The van der Waals surface area contributed by atoms with E-state index in [0.717, 1.165) is 19.3 Å². The normalized spacial score (nSPS) is 12.6. The van der Waals surface area contributed by atoms with Crippen LogP contribution in [0, 0.1) is 0 Å². The fourth-order valence-corrected chi connectivity index (χ4v) is 4.19. The molecular formula is C22H38NO5P. The number of carbonyl (C=O) groups excluding carboxylic acids is 1. The fraction of sp³-hybridized carbons (Fsp3) is 0.682. The number of hydrogen-bond donors (Lipinski definition) is 3. The molecule has 29 heavy (non-hydrogen) atoms. The molecule has 0 radical (unpaired) electrons. The van der Waals surface area contributed by atoms with Crippen LogP contribution >= 0.6 is 7.60 Å². The number of ether oxygens (including phenoxy) is 1. The van der Waals surface area contributed by atoms with Crippen molar-refractivity contribution in [1.29, 1.82) is 0 Å². The Morgan fingerprint density at radius 2 is 1.41 bits per heavy atom. The number of unbranched alkanes of at least 4 members (excludes halogenated alkanes) is 10. The molecule has 0 aliphatic carbocycles. The van der Waals surface area contributed by atoms with Crippen molar-refractivity contribution in [3.63, 3.8) is 0 Å². The Morgan fingerprint density at radius 3 is 1.86 bits per heavy atom. The minimum absolute atomic E-state index is 0.281. The fourth-order valence-electron chi connectivity index (χ4n) is 3.32. The highest BCUT2D eigenvalue weighted by atomic mass is 31.2. The van der Waals surface area contributed by atoms with E-state index in [9.17, 15) is 19.1 Å². The highest BCUT2D eigenvalue weighted by molar-refractivity contribution is 7.52. The Kier molecular flexibility index (Phi) is 12.9. The number of carbonyl (C=O) groups is 1. The van der Waals surface area contributed by atoms with Crippen LogP contribution in [0.4, 0.5) is 0 Å². The van der Waals surface area contributed by atoms with Gasteiger partial charge in [-0.2, -0.15) is 0 Å².